The number of hydrogen-bond acceptors (Lipinski definition) is 1. The van der Waals surface area contributed by atoms with Gasteiger partial charge in [-0.2, -0.15) is 0 Å². The maximum Gasteiger partial charge on any atom is 0.165 e. The van der Waals surface area contributed by atoms with Crippen LogP contribution in [0, 0.1) is 24.6 Å². The average Bonchev–Trinajstić information content (AvgIpc) is 2.91. The predicted molar refractivity (Wildman–Crippen MR) is 70.5 cm³/mol. The highest BCUT2D eigenvalue weighted by atomic mass is 19.1. The van der Waals surface area contributed by atoms with E-state index < -0.39 is 0 Å². The second-order valence-electron chi connectivity index (χ2n) is 6.27. The van der Waals surface area contributed by atoms with Crippen LogP contribution in [0.3, 0.4) is 0 Å². The van der Waals surface area contributed by atoms with E-state index in [-0.39, 0.29) is 11.9 Å². The van der Waals surface area contributed by atoms with Crippen LogP contribution < -0.4 is 4.74 Å². The minimum Gasteiger partial charge on any atom is -0.487 e. The van der Waals surface area contributed by atoms with E-state index >= 15 is 0 Å². The van der Waals surface area contributed by atoms with Gasteiger partial charge in [0.05, 0.1) is 6.10 Å². The molecule has 1 nitrogen and oxygen atoms in total. The van der Waals surface area contributed by atoms with Crippen LogP contribution in [0.1, 0.15) is 50.2 Å². The number of aryl methyl sites for hydroxylation is 1. The van der Waals surface area contributed by atoms with Crippen molar-refractivity contribution < 1.29 is 9.13 Å². The molecule has 2 aliphatic carbocycles. The van der Waals surface area contributed by atoms with Crippen LogP contribution in [0.4, 0.5) is 4.39 Å². The molecular formula is C16H21FO. The first kappa shape index (κ1) is 12.0. The summed E-state index contributed by atoms with van der Waals surface area (Å²) in [6.45, 7) is 6.11. The molecule has 0 aromatic heterocycles. The molecule has 1 aromatic rings. The van der Waals surface area contributed by atoms with E-state index in [0.29, 0.717) is 11.7 Å². The van der Waals surface area contributed by atoms with Crippen LogP contribution >= 0.6 is 0 Å². The molecule has 0 saturated heterocycles. The summed E-state index contributed by atoms with van der Waals surface area (Å²) in [5.74, 6) is 2.37. The van der Waals surface area contributed by atoms with Crippen molar-refractivity contribution in [1.29, 1.82) is 0 Å². The lowest BCUT2D eigenvalue weighted by Gasteiger charge is -2.19. The van der Waals surface area contributed by atoms with Gasteiger partial charge in [-0.25, -0.2) is 4.39 Å². The highest BCUT2D eigenvalue weighted by Gasteiger charge is 2.47. The number of hydrogen-bond donors (Lipinski definition) is 0. The fraction of sp³-hybridized carbons (Fsp3) is 0.625. The van der Waals surface area contributed by atoms with Gasteiger partial charge >= 0.3 is 0 Å². The summed E-state index contributed by atoms with van der Waals surface area (Å²) >= 11 is 0. The van der Waals surface area contributed by atoms with Gasteiger partial charge in [-0.3, -0.25) is 0 Å². The molecule has 1 aromatic carbocycles. The second-order valence-corrected chi connectivity index (χ2v) is 6.27. The molecule has 0 aliphatic heterocycles. The fourth-order valence-corrected chi connectivity index (χ4v) is 3.16. The SMILES string of the molecule is Cc1cc(C(C)C)cc(F)c1OC1CC2CC2C1. The Morgan fingerprint density at radius 2 is 1.83 bits per heavy atom. The zero-order valence-electron chi connectivity index (χ0n) is 11.4. The minimum atomic E-state index is -0.195. The van der Waals surface area contributed by atoms with Crippen LogP contribution in [-0.2, 0) is 0 Å². The largest absolute Gasteiger partial charge is 0.487 e. The standard InChI is InChI=1S/C16H21FO/c1-9(2)11-4-10(3)16(15(17)8-11)18-14-6-12-5-13(12)7-14/h4,8-9,12-14H,5-7H2,1-3H3. The van der Waals surface area contributed by atoms with Crippen molar-refractivity contribution in [1.82, 2.24) is 0 Å². The van der Waals surface area contributed by atoms with Gasteiger partial charge in [0.25, 0.3) is 0 Å². The van der Waals surface area contributed by atoms with Gasteiger partial charge in [0, 0.05) is 0 Å². The molecule has 2 unspecified atom stereocenters. The van der Waals surface area contributed by atoms with E-state index in [2.05, 4.69) is 19.9 Å². The van der Waals surface area contributed by atoms with Crippen molar-refractivity contribution in [2.24, 2.45) is 11.8 Å². The van der Waals surface area contributed by atoms with Gasteiger partial charge in [-0.05, 0) is 61.1 Å². The third-order valence-corrected chi connectivity index (χ3v) is 4.40. The van der Waals surface area contributed by atoms with Crippen molar-refractivity contribution >= 4 is 0 Å². The molecule has 0 bridgehead atoms. The van der Waals surface area contributed by atoms with Gasteiger partial charge in [0.1, 0.15) is 0 Å². The van der Waals surface area contributed by atoms with Crippen LogP contribution in [-0.4, -0.2) is 6.10 Å². The zero-order valence-corrected chi connectivity index (χ0v) is 11.4. The van der Waals surface area contributed by atoms with Crippen molar-refractivity contribution in [3.05, 3.63) is 29.1 Å². The quantitative estimate of drug-likeness (QED) is 0.768. The van der Waals surface area contributed by atoms with Gasteiger partial charge in [0.2, 0.25) is 0 Å². The Morgan fingerprint density at radius 1 is 1.17 bits per heavy atom. The van der Waals surface area contributed by atoms with Gasteiger partial charge < -0.3 is 4.74 Å². The molecule has 0 spiro atoms. The summed E-state index contributed by atoms with van der Waals surface area (Å²) in [6.07, 6.45) is 3.85. The number of fused-ring (bicyclic) bond motifs is 1. The highest BCUT2D eigenvalue weighted by Crippen LogP contribution is 2.52. The molecule has 2 atom stereocenters. The van der Waals surface area contributed by atoms with E-state index in [1.807, 2.05) is 6.92 Å². The first-order valence-corrected chi connectivity index (χ1v) is 7.01. The molecule has 3 rings (SSSR count). The Balaban J connectivity index is 1.78. The topological polar surface area (TPSA) is 9.23 Å². The molecule has 2 aliphatic rings. The lowest BCUT2D eigenvalue weighted by atomic mass is 10.0. The molecule has 2 heteroatoms. The Morgan fingerprint density at radius 3 is 2.39 bits per heavy atom. The molecule has 0 N–H and O–H groups in total. The van der Waals surface area contributed by atoms with Gasteiger partial charge in [0.15, 0.2) is 11.6 Å². The number of rotatable bonds is 3. The van der Waals surface area contributed by atoms with E-state index in [1.165, 1.54) is 6.42 Å². The lowest BCUT2D eigenvalue weighted by molar-refractivity contribution is 0.184. The Kier molecular flexibility index (Phi) is 2.84. The smallest absolute Gasteiger partial charge is 0.165 e. The molecule has 0 radical (unpaired) electrons. The van der Waals surface area contributed by atoms with Crippen molar-refractivity contribution in [3.8, 4) is 5.75 Å². The second kappa shape index (κ2) is 4.25. The van der Waals surface area contributed by atoms with Gasteiger partial charge in [-0.1, -0.05) is 19.9 Å². The lowest BCUT2D eigenvalue weighted by Crippen LogP contribution is -2.15. The molecular weight excluding hydrogens is 227 g/mol. The Hall–Kier alpha value is -1.05. The van der Waals surface area contributed by atoms with Crippen molar-refractivity contribution in [2.75, 3.05) is 0 Å². The maximum atomic E-state index is 14.1. The third-order valence-electron chi connectivity index (χ3n) is 4.40. The molecule has 2 fully saturated rings. The molecule has 2 saturated carbocycles. The summed E-state index contributed by atoms with van der Waals surface area (Å²) in [5, 5.41) is 0. The molecule has 0 amide bonds. The normalized spacial score (nSPS) is 29.5. The van der Waals surface area contributed by atoms with E-state index in [0.717, 1.165) is 35.8 Å². The Labute approximate surface area is 108 Å². The summed E-state index contributed by atoms with van der Waals surface area (Å²) in [7, 11) is 0. The summed E-state index contributed by atoms with van der Waals surface area (Å²) in [4.78, 5) is 0. The molecule has 18 heavy (non-hydrogen) atoms. The van der Waals surface area contributed by atoms with Crippen LogP contribution in [0.5, 0.6) is 5.75 Å². The zero-order chi connectivity index (χ0) is 12.9. The Bertz CT molecular complexity index is 433. The highest BCUT2D eigenvalue weighted by molar-refractivity contribution is 5.39. The minimum absolute atomic E-state index is 0.195. The van der Waals surface area contributed by atoms with E-state index in [1.54, 1.807) is 6.07 Å². The number of benzene rings is 1. The van der Waals surface area contributed by atoms with Crippen LogP contribution in [0.15, 0.2) is 12.1 Å². The van der Waals surface area contributed by atoms with Crippen LogP contribution in [0.25, 0.3) is 0 Å². The fourth-order valence-electron chi connectivity index (χ4n) is 3.16. The summed E-state index contributed by atoms with van der Waals surface area (Å²) in [5.41, 5.74) is 1.98. The maximum absolute atomic E-state index is 14.1. The average molecular weight is 248 g/mol. The number of halogens is 1. The van der Waals surface area contributed by atoms with Crippen LogP contribution in [0.2, 0.25) is 0 Å². The summed E-state index contributed by atoms with van der Waals surface area (Å²) in [6, 6.07) is 3.68. The van der Waals surface area contributed by atoms with Crippen molar-refractivity contribution in [2.45, 2.75) is 52.1 Å². The predicted octanol–water partition coefficient (Wildman–Crippen LogP) is 4.43. The van der Waals surface area contributed by atoms with Crippen molar-refractivity contribution in [3.63, 3.8) is 0 Å². The molecule has 98 valence electrons. The first-order valence-electron chi connectivity index (χ1n) is 7.01. The summed E-state index contributed by atoms with van der Waals surface area (Å²) < 4.78 is 20.0. The first-order chi connectivity index (χ1) is 8.54. The monoisotopic (exact) mass is 248 g/mol. The molecule has 0 heterocycles. The van der Waals surface area contributed by atoms with E-state index in [4.69, 9.17) is 4.74 Å². The number of ether oxygens (including phenoxy) is 1. The van der Waals surface area contributed by atoms with E-state index in [9.17, 15) is 4.39 Å². The third kappa shape index (κ3) is 2.13. The van der Waals surface area contributed by atoms with Gasteiger partial charge in [-0.15, -0.1) is 0 Å².